The Hall–Kier alpha value is -1.22. The van der Waals surface area contributed by atoms with E-state index in [2.05, 4.69) is 25.9 Å². The van der Waals surface area contributed by atoms with Crippen LogP contribution in [0.5, 0.6) is 0 Å². The van der Waals surface area contributed by atoms with Crippen molar-refractivity contribution in [2.45, 2.75) is 0 Å². The number of nitrogens with zero attached hydrogens (tertiary/aromatic N) is 2. The molecular formula is C10H7BrN2. The van der Waals surface area contributed by atoms with E-state index in [1.807, 2.05) is 12.1 Å². The van der Waals surface area contributed by atoms with Crippen molar-refractivity contribution in [3.8, 4) is 11.4 Å². The lowest BCUT2D eigenvalue weighted by Gasteiger charge is -1.97. The Morgan fingerprint density at radius 3 is 2.31 bits per heavy atom. The highest BCUT2D eigenvalue weighted by Crippen LogP contribution is 2.17. The number of hydrogen-bond donors (Lipinski definition) is 0. The van der Waals surface area contributed by atoms with E-state index in [9.17, 15) is 0 Å². The smallest absolute Gasteiger partial charge is 0.159 e. The van der Waals surface area contributed by atoms with E-state index >= 15 is 0 Å². The van der Waals surface area contributed by atoms with Crippen LogP contribution >= 0.6 is 15.9 Å². The van der Waals surface area contributed by atoms with Gasteiger partial charge in [-0.25, -0.2) is 9.97 Å². The fraction of sp³-hybridized carbons (Fsp3) is 0. The van der Waals surface area contributed by atoms with E-state index in [0.29, 0.717) is 5.82 Å². The number of aromatic nitrogens is 2. The number of benzene rings is 1. The van der Waals surface area contributed by atoms with Crippen molar-refractivity contribution in [3.05, 3.63) is 47.1 Å². The monoisotopic (exact) mass is 237 g/mol. The normalized spacial score (nSPS) is 13.2. The van der Waals surface area contributed by atoms with Gasteiger partial charge in [0.2, 0.25) is 0 Å². The van der Waals surface area contributed by atoms with Gasteiger partial charge in [0.15, 0.2) is 5.82 Å². The highest BCUT2D eigenvalue weighted by Gasteiger charge is 1.97. The first kappa shape index (κ1) is 5.50. The van der Waals surface area contributed by atoms with Crippen molar-refractivity contribution in [3.63, 3.8) is 0 Å². The van der Waals surface area contributed by atoms with Gasteiger partial charge < -0.3 is 0 Å². The van der Waals surface area contributed by atoms with Crippen LogP contribution in [-0.4, -0.2) is 9.97 Å². The standard InChI is InChI=1S/C10H7BrN2/c11-9-4-2-8(3-5-9)10-12-6-1-7-13-10/h1-7H/i1D,6D,7D. The molecule has 0 amide bonds. The molecule has 13 heavy (non-hydrogen) atoms. The molecule has 1 heterocycles. The molecule has 0 atom stereocenters. The third-order valence-corrected chi connectivity index (χ3v) is 2.07. The van der Waals surface area contributed by atoms with Crippen molar-refractivity contribution in [1.29, 1.82) is 0 Å². The largest absolute Gasteiger partial charge is 0.237 e. The van der Waals surface area contributed by atoms with Crippen molar-refractivity contribution < 1.29 is 4.11 Å². The van der Waals surface area contributed by atoms with Gasteiger partial charge in [-0.2, -0.15) is 0 Å². The molecule has 0 radical (unpaired) electrons. The average molecular weight is 238 g/mol. The Morgan fingerprint density at radius 1 is 1.08 bits per heavy atom. The van der Waals surface area contributed by atoms with Gasteiger partial charge in [0.25, 0.3) is 0 Å². The van der Waals surface area contributed by atoms with Gasteiger partial charge in [-0.15, -0.1) is 0 Å². The molecule has 1 aromatic heterocycles. The van der Waals surface area contributed by atoms with Crippen LogP contribution in [0.2, 0.25) is 0 Å². The molecule has 0 aliphatic carbocycles. The molecule has 0 aliphatic rings. The summed E-state index contributed by atoms with van der Waals surface area (Å²) in [5.74, 6) is 0.304. The third-order valence-electron chi connectivity index (χ3n) is 1.54. The highest BCUT2D eigenvalue weighted by molar-refractivity contribution is 9.10. The number of rotatable bonds is 1. The molecular weight excluding hydrogens is 228 g/mol. The first-order chi connectivity index (χ1) is 7.58. The minimum Gasteiger partial charge on any atom is -0.237 e. The summed E-state index contributed by atoms with van der Waals surface area (Å²) >= 11 is 3.31. The maximum absolute atomic E-state index is 7.42. The number of halogens is 1. The zero-order valence-corrected chi connectivity index (χ0v) is 8.17. The Balaban J connectivity index is 2.52. The van der Waals surface area contributed by atoms with Crippen LogP contribution in [0.25, 0.3) is 11.4 Å². The second kappa shape index (κ2) is 3.66. The summed E-state index contributed by atoms with van der Waals surface area (Å²) in [4.78, 5) is 7.73. The summed E-state index contributed by atoms with van der Waals surface area (Å²) in [6.45, 7) is 0. The Morgan fingerprint density at radius 2 is 1.69 bits per heavy atom. The molecule has 2 aromatic rings. The zero-order chi connectivity index (χ0) is 11.7. The Kier molecular flexibility index (Phi) is 1.55. The van der Waals surface area contributed by atoms with E-state index < -0.39 is 0 Å². The molecule has 0 unspecified atom stereocenters. The van der Waals surface area contributed by atoms with Crippen molar-refractivity contribution in [2.24, 2.45) is 0 Å². The van der Waals surface area contributed by atoms with Gasteiger partial charge in [-0.3, -0.25) is 0 Å². The van der Waals surface area contributed by atoms with E-state index in [1.54, 1.807) is 12.1 Å². The van der Waals surface area contributed by atoms with Crippen LogP contribution in [0, 0.1) is 0 Å². The van der Waals surface area contributed by atoms with Crippen LogP contribution in [-0.2, 0) is 0 Å². The molecule has 0 saturated heterocycles. The summed E-state index contributed by atoms with van der Waals surface area (Å²) in [6, 6.07) is 7.01. The zero-order valence-electron chi connectivity index (χ0n) is 9.58. The third kappa shape index (κ3) is 1.92. The molecule has 0 spiro atoms. The molecule has 0 N–H and O–H groups in total. The maximum Gasteiger partial charge on any atom is 0.159 e. The highest BCUT2D eigenvalue weighted by atomic mass is 79.9. The van der Waals surface area contributed by atoms with Crippen molar-refractivity contribution >= 4 is 15.9 Å². The molecule has 0 fully saturated rings. The molecule has 3 heteroatoms. The molecule has 1 aromatic carbocycles. The quantitative estimate of drug-likeness (QED) is 0.763. The summed E-state index contributed by atoms with van der Waals surface area (Å²) in [7, 11) is 0. The summed E-state index contributed by atoms with van der Waals surface area (Å²) in [6.07, 6.45) is -0.448. The van der Waals surface area contributed by atoms with Gasteiger partial charge in [-0.1, -0.05) is 28.1 Å². The summed E-state index contributed by atoms with van der Waals surface area (Å²) < 4.78 is 23.1. The second-order valence-electron chi connectivity index (χ2n) is 2.40. The first-order valence-electron chi connectivity index (χ1n) is 5.15. The lowest BCUT2D eigenvalue weighted by Crippen LogP contribution is -1.85. The fourth-order valence-corrected chi connectivity index (χ4v) is 1.20. The predicted molar refractivity (Wildman–Crippen MR) is 55.2 cm³/mol. The van der Waals surface area contributed by atoms with Gasteiger partial charge in [0, 0.05) is 22.4 Å². The summed E-state index contributed by atoms with van der Waals surface area (Å²) in [5.41, 5.74) is 0.727. The average Bonchev–Trinajstić information content (AvgIpc) is 2.26. The Bertz CT molecular complexity index is 505. The van der Waals surface area contributed by atoms with Crippen molar-refractivity contribution in [2.75, 3.05) is 0 Å². The lowest BCUT2D eigenvalue weighted by molar-refractivity contribution is 1.18. The van der Waals surface area contributed by atoms with E-state index in [4.69, 9.17) is 4.11 Å². The maximum atomic E-state index is 7.42. The SMILES string of the molecule is [2H]c1nc(-c2ccc(Br)cc2)nc([2H])c1[2H]. The van der Waals surface area contributed by atoms with Crippen LogP contribution in [0.15, 0.2) is 47.1 Å². The van der Waals surface area contributed by atoms with E-state index in [0.717, 1.165) is 10.0 Å². The second-order valence-corrected chi connectivity index (χ2v) is 3.32. The van der Waals surface area contributed by atoms with Gasteiger partial charge in [0.1, 0.15) is 0 Å². The van der Waals surface area contributed by atoms with Gasteiger partial charge >= 0.3 is 0 Å². The topological polar surface area (TPSA) is 25.8 Å². The van der Waals surface area contributed by atoms with Crippen molar-refractivity contribution in [1.82, 2.24) is 9.97 Å². The molecule has 64 valence electrons. The first-order valence-corrected chi connectivity index (χ1v) is 4.45. The molecule has 0 bridgehead atoms. The van der Waals surface area contributed by atoms with E-state index in [-0.39, 0.29) is 18.4 Å². The van der Waals surface area contributed by atoms with Crippen LogP contribution in [0.1, 0.15) is 4.11 Å². The number of hydrogen-bond acceptors (Lipinski definition) is 2. The fourth-order valence-electron chi connectivity index (χ4n) is 0.940. The minimum absolute atomic E-state index is 0.224. The van der Waals surface area contributed by atoms with Crippen LogP contribution < -0.4 is 0 Å². The van der Waals surface area contributed by atoms with Crippen LogP contribution in [0.3, 0.4) is 0 Å². The predicted octanol–water partition coefficient (Wildman–Crippen LogP) is 2.91. The van der Waals surface area contributed by atoms with Gasteiger partial charge in [-0.05, 0) is 18.2 Å². The van der Waals surface area contributed by atoms with E-state index in [1.165, 1.54) is 0 Å². The molecule has 0 aliphatic heterocycles. The van der Waals surface area contributed by atoms with Gasteiger partial charge in [0.05, 0.1) is 4.11 Å². The summed E-state index contributed by atoms with van der Waals surface area (Å²) in [5, 5.41) is 0. The Labute approximate surface area is 89.0 Å². The van der Waals surface area contributed by atoms with Crippen LogP contribution in [0.4, 0.5) is 0 Å². The molecule has 0 saturated carbocycles. The molecule has 2 nitrogen and oxygen atoms in total. The lowest BCUT2D eigenvalue weighted by atomic mass is 10.2. The minimum atomic E-state index is -0.249. The molecule has 2 rings (SSSR count).